The van der Waals surface area contributed by atoms with Gasteiger partial charge >= 0.3 is 0 Å². The maximum absolute atomic E-state index is 12.4. The Hall–Kier alpha value is -2.44. The van der Waals surface area contributed by atoms with E-state index >= 15 is 0 Å². The van der Waals surface area contributed by atoms with Gasteiger partial charge in [-0.25, -0.2) is 0 Å². The number of hydrogen-bond donors (Lipinski definition) is 1. The van der Waals surface area contributed by atoms with E-state index in [1.165, 1.54) is 0 Å². The normalized spacial score (nSPS) is 20.2. The van der Waals surface area contributed by atoms with Gasteiger partial charge in [0, 0.05) is 32.6 Å². The first-order chi connectivity index (χ1) is 12.0. The number of hydrogen-bond acceptors (Lipinski definition) is 5. The molecule has 2 amide bonds. The van der Waals surface area contributed by atoms with Crippen LogP contribution in [0.15, 0.2) is 12.2 Å². The highest BCUT2D eigenvalue weighted by Gasteiger charge is 2.27. The van der Waals surface area contributed by atoms with Crippen LogP contribution in [0.2, 0.25) is 0 Å². The van der Waals surface area contributed by atoms with E-state index in [-0.39, 0.29) is 5.91 Å². The minimum atomic E-state index is -0.489. The van der Waals surface area contributed by atoms with Gasteiger partial charge in [0.05, 0.1) is 11.3 Å². The number of carbonyl (C=O) groups is 2. The van der Waals surface area contributed by atoms with Crippen LogP contribution in [0.1, 0.15) is 40.9 Å². The van der Waals surface area contributed by atoms with Crippen molar-refractivity contribution in [3.63, 3.8) is 0 Å². The number of allylic oxidation sites excluding steroid dienone is 2. The quantitative estimate of drug-likeness (QED) is 0.829. The molecule has 1 atom stereocenters. The molecule has 1 saturated heterocycles. The van der Waals surface area contributed by atoms with E-state index in [0.717, 1.165) is 18.4 Å². The van der Waals surface area contributed by atoms with E-state index in [1.807, 2.05) is 23.6 Å². The van der Waals surface area contributed by atoms with Gasteiger partial charge in [-0.15, -0.1) is 5.10 Å². The molecule has 0 bridgehead atoms. The lowest BCUT2D eigenvalue weighted by molar-refractivity contribution is -0.132. The first kappa shape index (κ1) is 17.4. The standard InChI is InChI=1S/C18H25N5O2/c1-12-13(2)20-21-18(16(12)17(19)25)23-9-7-22(8-10-23)15(24)11-14-5-3-4-6-14/h3,5,14H,4,6-11H2,1-2H3,(H2,19,25). The van der Waals surface area contributed by atoms with Gasteiger partial charge in [-0.3, -0.25) is 9.59 Å². The third kappa shape index (κ3) is 3.65. The highest BCUT2D eigenvalue weighted by Crippen LogP contribution is 2.24. The van der Waals surface area contributed by atoms with Gasteiger partial charge in [-0.2, -0.15) is 5.10 Å². The Balaban J connectivity index is 1.66. The third-order valence-corrected chi connectivity index (χ3v) is 5.16. The van der Waals surface area contributed by atoms with E-state index in [4.69, 9.17) is 5.73 Å². The number of nitrogens with two attached hydrogens (primary N) is 1. The summed E-state index contributed by atoms with van der Waals surface area (Å²) in [6.45, 7) is 6.16. The van der Waals surface area contributed by atoms with Crippen LogP contribution in [0.3, 0.4) is 0 Å². The minimum absolute atomic E-state index is 0.206. The third-order valence-electron chi connectivity index (χ3n) is 5.16. The zero-order valence-corrected chi connectivity index (χ0v) is 14.9. The number of aromatic nitrogens is 2. The van der Waals surface area contributed by atoms with E-state index in [2.05, 4.69) is 22.3 Å². The van der Waals surface area contributed by atoms with Gasteiger partial charge in [0.15, 0.2) is 5.82 Å². The highest BCUT2D eigenvalue weighted by atomic mass is 16.2. The smallest absolute Gasteiger partial charge is 0.252 e. The lowest BCUT2D eigenvalue weighted by Crippen LogP contribution is -2.49. The lowest BCUT2D eigenvalue weighted by Gasteiger charge is -2.36. The molecule has 1 fully saturated rings. The molecule has 1 unspecified atom stereocenters. The molecule has 2 heterocycles. The summed E-state index contributed by atoms with van der Waals surface area (Å²) < 4.78 is 0. The summed E-state index contributed by atoms with van der Waals surface area (Å²) >= 11 is 0. The fourth-order valence-electron chi connectivity index (χ4n) is 3.50. The topological polar surface area (TPSA) is 92.4 Å². The molecule has 1 aliphatic heterocycles. The van der Waals surface area contributed by atoms with Crippen molar-refractivity contribution in [2.75, 3.05) is 31.1 Å². The average Bonchev–Trinajstić information content (AvgIpc) is 3.10. The Morgan fingerprint density at radius 3 is 2.52 bits per heavy atom. The van der Waals surface area contributed by atoms with Gasteiger partial charge in [0.2, 0.25) is 5.91 Å². The number of rotatable bonds is 4. The van der Waals surface area contributed by atoms with Crippen LogP contribution in [0.25, 0.3) is 0 Å². The van der Waals surface area contributed by atoms with E-state index in [0.29, 0.717) is 55.6 Å². The first-order valence-electron chi connectivity index (χ1n) is 8.80. The zero-order valence-electron chi connectivity index (χ0n) is 14.9. The summed E-state index contributed by atoms with van der Waals surface area (Å²) in [4.78, 5) is 28.2. The number of carbonyl (C=O) groups excluding carboxylic acids is 2. The van der Waals surface area contributed by atoms with Gasteiger partial charge < -0.3 is 15.5 Å². The Morgan fingerprint density at radius 1 is 1.20 bits per heavy atom. The van der Waals surface area contributed by atoms with Crippen LogP contribution in [0.4, 0.5) is 5.82 Å². The van der Waals surface area contributed by atoms with Crippen LogP contribution in [-0.4, -0.2) is 53.1 Å². The molecule has 1 aromatic rings. The number of nitrogens with zero attached hydrogens (tertiary/aromatic N) is 4. The highest BCUT2D eigenvalue weighted by molar-refractivity contribution is 5.99. The lowest BCUT2D eigenvalue weighted by atomic mass is 10.0. The van der Waals surface area contributed by atoms with E-state index in [1.54, 1.807) is 0 Å². The summed E-state index contributed by atoms with van der Waals surface area (Å²) in [5, 5.41) is 8.33. The van der Waals surface area contributed by atoms with Crippen molar-refractivity contribution in [1.82, 2.24) is 15.1 Å². The monoisotopic (exact) mass is 343 g/mol. The molecule has 134 valence electrons. The molecular weight excluding hydrogens is 318 g/mol. The van der Waals surface area contributed by atoms with Gasteiger partial charge in [0.1, 0.15) is 0 Å². The number of aryl methyl sites for hydroxylation is 1. The van der Waals surface area contributed by atoms with Crippen LogP contribution in [-0.2, 0) is 4.79 Å². The van der Waals surface area contributed by atoms with Crippen LogP contribution in [0.5, 0.6) is 0 Å². The number of anilines is 1. The number of primary amides is 1. The number of piperazine rings is 1. The van der Waals surface area contributed by atoms with Crippen molar-refractivity contribution in [1.29, 1.82) is 0 Å². The second kappa shape index (κ2) is 7.21. The Labute approximate surface area is 147 Å². The largest absolute Gasteiger partial charge is 0.365 e. The maximum atomic E-state index is 12.4. The van der Waals surface area contributed by atoms with Crippen molar-refractivity contribution in [3.05, 3.63) is 29.0 Å². The molecule has 1 aliphatic carbocycles. The van der Waals surface area contributed by atoms with Crippen LogP contribution < -0.4 is 10.6 Å². The molecule has 7 nitrogen and oxygen atoms in total. The van der Waals surface area contributed by atoms with Crippen molar-refractivity contribution in [3.8, 4) is 0 Å². The van der Waals surface area contributed by atoms with Gasteiger partial charge in [0.25, 0.3) is 5.91 Å². The molecule has 7 heteroatoms. The average molecular weight is 343 g/mol. The Morgan fingerprint density at radius 2 is 1.92 bits per heavy atom. The molecule has 3 rings (SSSR count). The van der Waals surface area contributed by atoms with Gasteiger partial charge in [-0.1, -0.05) is 12.2 Å². The molecule has 0 radical (unpaired) electrons. The number of amides is 2. The molecule has 25 heavy (non-hydrogen) atoms. The summed E-state index contributed by atoms with van der Waals surface area (Å²) in [7, 11) is 0. The summed E-state index contributed by atoms with van der Waals surface area (Å²) in [6, 6.07) is 0. The van der Waals surface area contributed by atoms with Crippen LogP contribution >= 0.6 is 0 Å². The SMILES string of the molecule is Cc1nnc(N2CCN(C(=O)CC3C=CCC3)CC2)c(C(N)=O)c1C. The zero-order chi connectivity index (χ0) is 18.0. The molecule has 2 N–H and O–H groups in total. The summed E-state index contributed by atoms with van der Waals surface area (Å²) in [6.07, 6.45) is 7.04. The minimum Gasteiger partial charge on any atom is -0.365 e. The fraction of sp³-hybridized carbons (Fsp3) is 0.556. The molecule has 0 spiro atoms. The predicted octanol–water partition coefficient (Wildman–Crippen LogP) is 1.20. The fourth-order valence-corrected chi connectivity index (χ4v) is 3.50. The first-order valence-corrected chi connectivity index (χ1v) is 8.80. The van der Waals surface area contributed by atoms with Crippen molar-refractivity contribution >= 4 is 17.6 Å². The second-order valence-electron chi connectivity index (χ2n) is 6.81. The Bertz CT molecular complexity index is 708. The molecule has 1 aromatic heterocycles. The van der Waals surface area contributed by atoms with E-state index < -0.39 is 5.91 Å². The van der Waals surface area contributed by atoms with E-state index in [9.17, 15) is 9.59 Å². The van der Waals surface area contributed by atoms with Crippen LogP contribution in [0, 0.1) is 19.8 Å². The van der Waals surface area contributed by atoms with Gasteiger partial charge in [-0.05, 0) is 38.2 Å². The maximum Gasteiger partial charge on any atom is 0.252 e. The molecule has 0 aromatic carbocycles. The van der Waals surface area contributed by atoms with Crippen molar-refractivity contribution < 1.29 is 9.59 Å². The molecule has 2 aliphatic rings. The molecular formula is C18H25N5O2. The summed E-state index contributed by atoms with van der Waals surface area (Å²) in [5.41, 5.74) is 7.46. The van der Waals surface area contributed by atoms with Crippen molar-refractivity contribution in [2.24, 2.45) is 11.7 Å². The molecule has 0 saturated carbocycles. The second-order valence-corrected chi connectivity index (χ2v) is 6.81. The Kier molecular flexibility index (Phi) is 5.01. The predicted molar refractivity (Wildman–Crippen MR) is 95.3 cm³/mol. The summed E-state index contributed by atoms with van der Waals surface area (Å²) in [5.74, 6) is 0.633. The van der Waals surface area contributed by atoms with Crippen molar-refractivity contribution in [2.45, 2.75) is 33.1 Å².